The fourth-order valence-electron chi connectivity index (χ4n) is 2.00. The van der Waals surface area contributed by atoms with Crippen molar-refractivity contribution in [2.45, 2.75) is 12.8 Å². The summed E-state index contributed by atoms with van der Waals surface area (Å²) in [6.45, 7) is 0.136. The summed E-state index contributed by atoms with van der Waals surface area (Å²) >= 11 is 0. The highest BCUT2D eigenvalue weighted by Crippen LogP contribution is 2.29. The van der Waals surface area contributed by atoms with E-state index in [-0.39, 0.29) is 6.61 Å². The zero-order chi connectivity index (χ0) is 16.3. The van der Waals surface area contributed by atoms with E-state index in [1.807, 2.05) is 6.07 Å². The Morgan fingerprint density at radius 3 is 2.39 bits per heavy atom. The van der Waals surface area contributed by atoms with Crippen molar-refractivity contribution in [3.63, 3.8) is 0 Å². The summed E-state index contributed by atoms with van der Waals surface area (Å²) in [5.74, 6) is 1.06. The Labute approximate surface area is 130 Å². The van der Waals surface area contributed by atoms with Gasteiger partial charge in [-0.1, -0.05) is 18.2 Å². The van der Waals surface area contributed by atoms with Crippen LogP contribution in [0.4, 0.5) is 13.2 Å². The number of alkyl halides is 3. The van der Waals surface area contributed by atoms with Crippen LogP contribution in [0.3, 0.4) is 0 Å². The van der Waals surface area contributed by atoms with Gasteiger partial charge in [-0.25, -0.2) is 4.98 Å². The van der Waals surface area contributed by atoms with Gasteiger partial charge in [-0.15, -0.1) is 0 Å². The van der Waals surface area contributed by atoms with Crippen LogP contribution in [0.15, 0.2) is 60.9 Å². The third-order valence-corrected chi connectivity index (χ3v) is 3.14. The van der Waals surface area contributed by atoms with E-state index in [0.717, 1.165) is 12.1 Å². The minimum absolute atomic E-state index is 0.136. The number of benzene rings is 1. The minimum atomic E-state index is -4.34. The van der Waals surface area contributed by atoms with Gasteiger partial charge in [-0.2, -0.15) is 23.0 Å². The molecule has 2 heterocycles. The van der Waals surface area contributed by atoms with Crippen molar-refractivity contribution < 1.29 is 17.9 Å². The Hall–Kier alpha value is -2.83. The summed E-state index contributed by atoms with van der Waals surface area (Å²) < 4.78 is 44.7. The van der Waals surface area contributed by atoms with E-state index in [1.54, 1.807) is 30.6 Å². The lowest BCUT2D eigenvalue weighted by atomic mass is 10.1. The van der Waals surface area contributed by atoms with Gasteiger partial charge in [-0.3, -0.25) is 0 Å². The molecule has 4 nitrogen and oxygen atoms in total. The van der Waals surface area contributed by atoms with Gasteiger partial charge in [0.1, 0.15) is 6.61 Å². The first-order valence-electron chi connectivity index (χ1n) is 6.78. The second-order valence-corrected chi connectivity index (χ2v) is 4.75. The van der Waals surface area contributed by atoms with E-state index in [0.29, 0.717) is 17.3 Å². The molecule has 23 heavy (non-hydrogen) atoms. The maximum atomic E-state index is 12.5. The van der Waals surface area contributed by atoms with Crippen LogP contribution < -0.4 is 4.74 Å². The summed E-state index contributed by atoms with van der Waals surface area (Å²) in [5, 5.41) is 4.13. The molecule has 3 aromatic rings. The molecule has 2 aromatic heterocycles. The Balaban J connectivity index is 1.71. The quantitative estimate of drug-likeness (QED) is 0.733. The minimum Gasteiger partial charge on any atom is -0.473 e. The van der Waals surface area contributed by atoms with Gasteiger partial charge in [-0.05, 0) is 29.8 Å². The van der Waals surface area contributed by atoms with Crippen molar-refractivity contribution in [1.29, 1.82) is 0 Å². The lowest BCUT2D eigenvalue weighted by molar-refractivity contribution is -0.137. The van der Waals surface area contributed by atoms with Crippen molar-refractivity contribution in [2.24, 2.45) is 0 Å². The number of hydrogen-bond donors (Lipinski definition) is 0. The molecule has 0 fully saturated rings. The molecule has 0 radical (unpaired) electrons. The molecule has 0 aliphatic rings. The normalized spacial score (nSPS) is 11.4. The van der Waals surface area contributed by atoms with Gasteiger partial charge in [0.05, 0.1) is 11.8 Å². The first-order valence-corrected chi connectivity index (χ1v) is 6.78. The molecule has 0 N–H and O–H groups in total. The van der Waals surface area contributed by atoms with Gasteiger partial charge >= 0.3 is 6.18 Å². The zero-order valence-electron chi connectivity index (χ0n) is 11.9. The maximum Gasteiger partial charge on any atom is 0.416 e. The van der Waals surface area contributed by atoms with E-state index < -0.39 is 11.7 Å². The summed E-state index contributed by atoms with van der Waals surface area (Å²) in [4.78, 5) is 4.17. The molecule has 3 rings (SSSR count). The van der Waals surface area contributed by atoms with Gasteiger partial charge < -0.3 is 4.74 Å². The highest BCUT2D eigenvalue weighted by atomic mass is 19.4. The number of pyridine rings is 1. The smallest absolute Gasteiger partial charge is 0.416 e. The Kier molecular flexibility index (Phi) is 4.01. The van der Waals surface area contributed by atoms with Crippen molar-refractivity contribution in [2.75, 3.05) is 0 Å². The molecule has 0 unspecified atom stereocenters. The van der Waals surface area contributed by atoms with Crippen molar-refractivity contribution >= 4 is 0 Å². The SMILES string of the molecule is FC(F)(F)c1ccc(COc2ccnn2-c2ccccn2)cc1. The average molecular weight is 319 g/mol. The maximum absolute atomic E-state index is 12.5. The molecule has 7 heteroatoms. The van der Waals surface area contributed by atoms with Crippen LogP contribution in [0, 0.1) is 0 Å². The van der Waals surface area contributed by atoms with Crippen LogP contribution in [0.25, 0.3) is 5.82 Å². The number of hydrogen-bond acceptors (Lipinski definition) is 3. The molecule has 0 saturated carbocycles. The van der Waals surface area contributed by atoms with Crippen LogP contribution in [-0.2, 0) is 12.8 Å². The standard InChI is InChI=1S/C16H12F3N3O/c17-16(18,19)13-6-4-12(5-7-13)11-23-15-8-10-21-22(15)14-3-1-2-9-20-14/h1-10H,11H2. The monoisotopic (exact) mass is 319 g/mol. The van der Waals surface area contributed by atoms with E-state index >= 15 is 0 Å². The molecular weight excluding hydrogens is 307 g/mol. The van der Waals surface area contributed by atoms with Crippen LogP contribution in [0.2, 0.25) is 0 Å². The Morgan fingerprint density at radius 2 is 1.74 bits per heavy atom. The third-order valence-electron chi connectivity index (χ3n) is 3.14. The van der Waals surface area contributed by atoms with Gasteiger partial charge in [0.2, 0.25) is 5.88 Å². The zero-order valence-corrected chi connectivity index (χ0v) is 11.9. The van der Waals surface area contributed by atoms with E-state index in [4.69, 9.17) is 4.74 Å². The van der Waals surface area contributed by atoms with Crippen LogP contribution in [0.1, 0.15) is 11.1 Å². The fourth-order valence-corrected chi connectivity index (χ4v) is 2.00. The summed E-state index contributed by atoms with van der Waals surface area (Å²) in [6.07, 6.45) is -1.13. The second kappa shape index (κ2) is 6.12. The van der Waals surface area contributed by atoms with Gasteiger partial charge in [0.15, 0.2) is 5.82 Å². The highest BCUT2D eigenvalue weighted by Gasteiger charge is 2.29. The first kappa shape index (κ1) is 15.1. The lowest BCUT2D eigenvalue weighted by Gasteiger charge is -2.10. The molecule has 0 aliphatic carbocycles. The predicted octanol–water partition coefficient (Wildman–Crippen LogP) is 3.87. The largest absolute Gasteiger partial charge is 0.473 e. The van der Waals surface area contributed by atoms with Crippen LogP contribution >= 0.6 is 0 Å². The molecule has 0 aliphatic heterocycles. The number of rotatable bonds is 4. The molecule has 0 amide bonds. The number of aromatic nitrogens is 3. The first-order chi connectivity index (χ1) is 11.0. The predicted molar refractivity (Wildman–Crippen MR) is 77.1 cm³/mol. The molecule has 0 saturated heterocycles. The topological polar surface area (TPSA) is 39.9 Å². The van der Waals surface area contributed by atoms with E-state index in [9.17, 15) is 13.2 Å². The number of halogens is 3. The highest BCUT2D eigenvalue weighted by molar-refractivity contribution is 5.28. The summed E-state index contributed by atoms with van der Waals surface area (Å²) in [7, 11) is 0. The van der Waals surface area contributed by atoms with Gasteiger partial charge in [0, 0.05) is 12.3 Å². The van der Waals surface area contributed by atoms with Crippen LogP contribution in [-0.4, -0.2) is 14.8 Å². The Morgan fingerprint density at radius 1 is 0.957 bits per heavy atom. The molecule has 0 spiro atoms. The number of nitrogens with zero attached hydrogens (tertiary/aromatic N) is 3. The van der Waals surface area contributed by atoms with Crippen LogP contribution in [0.5, 0.6) is 5.88 Å². The van der Waals surface area contributed by atoms with E-state index in [1.165, 1.54) is 16.8 Å². The molecule has 0 bridgehead atoms. The third kappa shape index (κ3) is 3.50. The number of ether oxygens (including phenoxy) is 1. The van der Waals surface area contributed by atoms with Crippen molar-refractivity contribution in [1.82, 2.24) is 14.8 Å². The molecule has 118 valence electrons. The van der Waals surface area contributed by atoms with Crippen molar-refractivity contribution in [3.05, 3.63) is 72.1 Å². The molecular formula is C16H12F3N3O. The molecule has 1 aromatic carbocycles. The lowest BCUT2D eigenvalue weighted by Crippen LogP contribution is -2.06. The average Bonchev–Trinajstić information content (AvgIpc) is 3.02. The molecule has 0 atom stereocenters. The Bertz CT molecular complexity index is 767. The van der Waals surface area contributed by atoms with E-state index in [2.05, 4.69) is 10.1 Å². The van der Waals surface area contributed by atoms with Crippen molar-refractivity contribution in [3.8, 4) is 11.7 Å². The second-order valence-electron chi connectivity index (χ2n) is 4.75. The summed E-state index contributed by atoms with van der Waals surface area (Å²) in [5.41, 5.74) is -0.0495. The van der Waals surface area contributed by atoms with Gasteiger partial charge in [0.25, 0.3) is 0 Å². The fraction of sp³-hybridized carbons (Fsp3) is 0.125. The summed E-state index contributed by atoms with van der Waals surface area (Å²) in [6, 6.07) is 11.9.